The van der Waals surface area contributed by atoms with Gasteiger partial charge in [-0.2, -0.15) is 4.98 Å². The smallest absolute Gasteiger partial charge is 0.221 e. The van der Waals surface area contributed by atoms with Crippen LogP contribution in [0.5, 0.6) is 5.75 Å². The quantitative estimate of drug-likeness (QED) is 0.682. The van der Waals surface area contributed by atoms with Gasteiger partial charge in [-0.1, -0.05) is 11.8 Å². The number of aromatic nitrogens is 2. The van der Waals surface area contributed by atoms with E-state index in [9.17, 15) is 5.11 Å². The van der Waals surface area contributed by atoms with E-state index in [1.165, 1.54) is 0 Å². The first-order chi connectivity index (χ1) is 10.7. The number of rotatable bonds is 4. The fourth-order valence-electron chi connectivity index (χ4n) is 1.85. The first-order valence-electron chi connectivity index (χ1n) is 6.61. The lowest BCUT2D eigenvalue weighted by Crippen LogP contribution is -1.98. The highest BCUT2D eigenvalue weighted by molar-refractivity contribution is 7.99. The second-order valence-corrected chi connectivity index (χ2v) is 5.69. The molecule has 0 aliphatic carbocycles. The van der Waals surface area contributed by atoms with E-state index in [-0.39, 0.29) is 11.7 Å². The molecule has 1 heterocycles. The van der Waals surface area contributed by atoms with E-state index in [1.54, 1.807) is 36.2 Å². The van der Waals surface area contributed by atoms with Crippen molar-refractivity contribution in [3.63, 3.8) is 0 Å². The van der Waals surface area contributed by atoms with E-state index in [4.69, 9.17) is 5.73 Å². The number of anilines is 3. The second kappa shape index (κ2) is 6.36. The third-order valence-electron chi connectivity index (χ3n) is 2.87. The molecule has 0 fully saturated rings. The third-order valence-corrected chi connectivity index (χ3v) is 3.89. The molecule has 1 aromatic heterocycles. The number of phenolic OH excluding ortho intramolecular Hbond substituents is 1. The number of aromatic hydroxyl groups is 1. The monoisotopic (exact) mass is 310 g/mol. The second-order valence-electron chi connectivity index (χ2n) is 4.55. The van der Waals surface area contributed by atoms with Crippen LogP contribution in [0.1, 0.15) is 0 Å². The summed E-state index contributed by atoms with van der Waals surface area (Å²) < 4.78 is 0. The Hall–Kier alpha value is -2.73. The van der Waals surface area contributed by atoms with Gasteiger partial charge in [-0.3, -0.25) is 0 Å². The van der Waals surface area contributed by atoms with E-state index >= 15 is 0 Å². The van der Waals surface area contributed by atoms with Crippen LogP contribution in [0, 0.1) is 0 Å². The lowest BCUT2D eigenvalue weighted by molar-refractivity contribution is 0.475. The van der Waals surface area contributed by atoms with Crippen LogP contribution in [0.4, 0.5) is 17.5 Å². The maximum atomic E-state index is 9.28. The highest BCUT2D eigenvalue weighted by Crippen LogP contribution is 2.29. The van der Waals surface area contributed by atoms with Crippen molar-refractivity contribution in [2.45, 2.75) is 9.79 Å². The van der Waals surface area contributed by atoms with Crippen molar-refractivity contribution in [1.82, 2.24) is 9.97 Å². The molecule has 0 bridgehead atoms. The molecule has 0 amide bonds. The molecule has 6 heteroatoms. The first kappa shape index (κ1) is 14.2. The van der Waals surface area contributed by atoms with Crippen LogP contribution in [0.25, 0.3) is 0 Å². The summed E-state index contributed by atoms with van der Waals surface area (Å²) in [6.45, 7) is 0. The minimum Gasteiger partial charge on any atom is -0.508 e. The van der Waals surface area contributed by atoms with Crippen molar-refractivity contribution in [3.8, 4) is 5.75 Å². The van der Waals surface area contributed by atoms with Gasteiger partial charge in [-0.15, -0.1) is 0 Å². The van der Waals surface area contributed by atoms with E-state index in [2.05, 4.69) is 15.3 Å². The Kier molecular flexibility index (Phi) is 4.11. The molecule has 3 rings (SSSR count). The van der Waals surface area contributed by atoms with Gasteiger partial charge in [0.2, 0.25) is 5.95 Å². The summed E-state index contributed by atoms with van der Waals surface area (Å²) in [5.41, 5.74) is 6.47. The van der Waals surface area contributed by atoms with Gasteiger partial charge in [0.1, 0.15) is 11.6 Å². The summed E-state index contributed by atoms with van der Waals surface area (Å²) >= 11 is 1.63. The van der Waals surface area contributed by atoms with Crippen LogP contribution in [0.3, 0.4) is 0 Å². The largest absolute Gasteiger partial charge is 0.508 e. The molecule has 0 spiro atoms. The molecule has 0 aliphatic heterocycles. The molecule has 4 N–H and O–H groups in total. The number of nitrogens with one attached hydrogen (secondary N) is 1. The number of nitrogen functional groups attached to an aromatic ring is 1. The van der Waals surface area contributed by atoms with Gasteiger partial charge in [0.05, 0.1) is 0 Å². The average Bonchev–Trinajstić information content (AvgIpc) is 2.52. The van der Waals surface area contributed by atoms with Gasteiger partial charge < -0.3 is 16.2 Å². The number of hydrogen-bond acceptors (Lipinski definition) is 6. The zero-order chi connectivity index (χ0) is 15.4. The maximum Gasteiger partial charge on any atom is 0.221 e. The van der Waals surface area contributed by atoms with Crippen molar-refractivity contribution in [1.29, 1.82) is 0 Å². The Bertz CT molecular complexity index is 760. The van der Waals surface area contributed by atoms with Crippen LogP contribution in [-0.4, -0.2) is 15.1 Å². The summed E-state index contributed by atoms with van der Waals surface area (Å²) in [6, 6.07) is 16.9. The lowest BCUT2D eigenvalue weighted by atomic mass is 10.3. The molecular weight excluding hydrogens is 296 g/mol. The number of benzene rings is 2. The normalized spacial score (nSPS) is 10.4. The van der Waals surface area contributed by atoms with Crippen molar-refractivity contribution < 1.29 is 5.11 Å². The van der Waals surface area contributed by atoms with Gasteiger partial charge in [0.25, 0.3) is 0 Å². The predicted molar refractivity (Wildman–Crippen MR) is 88.4 cm³/mol. The summed E-state index contributed by atoms with van der Waals surface area (Å²) in [6.07, 6.45) is 1.61. The summed E-state index contributed by atoms with van der Waals surface area (Å²) in [7, 11) is 0. The van der Waals surface area contributed by atoms with Gasteiger partial charge in [-0.25, -0.2) is 4.98 Å². The van der Waals surface area contributed by atoms with Gasteiger partial charge in [-0.05, 0) is 54.6 Å². The SMILES string of the molecule is Nc1nccc(Nc2ccc(Sc3ccc(O)cc3)cc2)n1. The highest BCUT2D eigenvalue weighted by Gasteiger charge is 2.00. The Labute approximate surface area is 132 Å². The predicted octanol–water partition coefficient (Wildman–Crippen LogP) is 3.66. The summed E-state index contributed by atoms with van der Waals surface area (Å²) in [5.74, 6) is 1.17. The molecule has 0 saturated heterocycles. The Balaban J connectivity index is 1.68. The maximum absolute atomic E-state index is 9.28. The van der Waals surface area contributed by atoms with E-state index in [0.717, 1.165) is 15.5 Å². The fourth-order valence-corrected chi connectivity index (χ4v) is 2.66. The van der Waals surface area contributed by atoms with Crippen molar-refractivity contribution >= 4 is 29.2 Å². The highest BCUT2D eigenvalue weighted by atomic mass is 32.2. The van der Waals surface area contributed by atoms with E-state index in [1.807, 2.05) is 36.4 Å². The molecule has 3 aromatic rings. The van der Waals surface area contributed by atoms with Gasteiger partial charge in [0, 0.05) is 21.7 Å². The van der Waals surface area contributed by atoms with Crippen LogP contribution in [-0.2, 0) is 0 Å². The average molecular weight is 310 g/mol. The van der Waals surface area contributed by atoms with E-state index < -0.39 is 0 Å². The molecule has 0 atom stereocenters. The van der Waals surface area contributed by atoms with Gasteiger partial charge >= 0.3 is 0 Å². The molecule has 2 aromatic carbocycles. The number of nitrogens with zero attached hydrogens (tertiary/aromatic N) is 2. The van der Waals surface area contributed by atoms with Crippen LogP contribution in [0.15, 0.2) is 70.6 Å². The zero-order valence-electron chi connectivity index (χ0n) is 11.6. The van der Waals surface area contributed by atoms with Crippen molar-refractivity contribution in [3.05, 3.63) is 60.8 Å². The van der Waals surface area contributed by atoms with Crippen LogP contribution < -0.4 is 11.1 Å². The number of phenols is 1. The minimum atomic E-state index is 0.240. The van der Waals surface area contributed by atoms with Crippen LogP contribution in [0.2, 0.25) is 0 Å². The summed E-state index contributed by atoms with van der Waals surface area (Å²) in [4.78, 5) is 10.1. The Morgan fingerprint density at radius 1 is 0.909 bits per heavy atom. The number of nitrogens with two attached hydrogens (primary N) is 1. The molecule has 0 aliphatic rings. The molecule has 0 radical (unpaired) electrons. The van der Waals surface area contributed by atoms with Gasteiger partial charge in [0.15, 0.2) is 0 Å². The third kappa shape index (κ3) is 3.67. The summed E-state index contributed by atoms with van der Waals surface area (Å²) in [5, 5.41) is 12.5. The van der Waals surface area contributed by atoms with Crippen molar-refractivity contribution in [2.75, 3.05) is 11.1 Å². The number of hydrogen-bond donors (Lipinski definition) is 3. The van der Waals surface area contributed by atoms with Crippen molar-refractivity contribution in [2.24, 2.45) is 0 Å². The molecule has 0 unspecified atom stereocenters. The zero-order valence-corrected chi connectivity index (χ0v) is 12.4. The molecule has 22 heavy (non-hydrogen) atoms. The molecule has 110 valence electrons. The fraction of sp³-hybridized carbons (Fsp3) is 0. The Morgan fingerprint density at radius 3 is 2.18 bits per heavy atom. The first-order valence-corrected chi connectivity index (χ1v) is 7.43. The standard InChI is InChI=1S/C16H14N4OS/c17-16-18-10-9-15(20-16)19-11-1-5-13(6-2-11)22-14-7-3-12(21)4-8-14/h1-10,21H,(H3,17,18,19,20). The van der Waals surface area contributed by atoms with Crippen LogP contribution >= 0.6 is 11.8 Å². The van der Waals surface area contributed by atoms with E-state index in [0.29, 0.717) is 5.82 Å². The minimum absolute atomic E-state index is 0.240. The Morgan fingerprint density at radius 2 is 1.55 bits per heavy atom. The molecular formula is C16H14N4OS. The topological polar surface area (TPSA) is 84.1 Å². The lowest BCUT2D eigenvalue weighted by Gasteiger charge is -2.07. The molecule has 0 saturated carbocycles. The molecule has 5 nitrogen and oxygen atoms in total.